The van der Waals surface area contributed by atoms with Gasteiger partial charge in [-0.15, -0.1) is 0 Å². The van der Waals surface area contributed by atoms with Crippen molar-refractivity contribution >= 4 is 23.6 Å². The van der Waals surface area contributed by atoms with Crippen molar-refractivity contribution in [1.29, 1.82) is 0 Å². The minimum atomic E-state index is -0.831. The number of carbonyl (C=O) groups excluding carboxylic acids is 4. The number of amides is 4. The van der Waals surface area contributed by atoms with Crippen molar-refractivity contribution in [3.63, 3.8) is 0 Å². The van der Waals surface area contributed by atoms with Gasteiger partial charge in [-0.2, -0.15) is 0 Å². The van der Waals surface area contributed by atoms with E-state index in [-0.39, 0.29) is 0 Å². The SMILES string of the molecule is CCCCCCCCCCCCCCCCC(N1C(=O)C=CC1=O)N1C(=O)C=CC1=O. The topological polar surface area (TPSA) is 74.8 Å². The number of hydrogen-bond acceptors (Lipinski definition) is 4. The highest BCUT2D eigenvalue weighted by Gasteiger charge is 2.40. The minimum Gasteiger partial charge on any atom is -0.269 e. The molecule has 0 N–H and O–H groups in total. The Kier molecular flexibility index (Phi) is 11.3. The van der Waals surface area contributed by atoms with Gasteiger partial charge in [0, 0.05) is 24.3 Å². The van der Waals surface area contributed by atoms with Crippen LogP contribution in [0.15, 0.2) is 24.3 Å². The summed E-state index contributed by atoms with van der Waals surface area (Å²) in [6, 6.07) is 0. The summed E-state index contributed by atoms with van der Waals surface area (Å²) in [6.07, 6.45) is 21.7. The molecule has 2 heterocycles. The maximum atomic E-state index is 12.1. The molecule has 0 saturated heterocycles. The highest BCUT2D eigenvalue weighted by atomic mass is 16.2. The van der Waals surface area contributed by atoms with Gasteiger partial charge in [0.05, 0.1) is 0 Å². The molecule has 2 aliphatic rings. The maximum Gasteiger partial charge on any atom is 0.255 e. The Labute approximate surface area is 186 Å². The molecular weight excluding hydrogens is 392 g/mol. The second-order valence-electron chi connectivity index (χ2n) is 8.63. The molecule has 0 bridgehead atoms. The molecule has 4 amide bonds. The summed E-state index contributed by atoms with van der Waals surface area (Å²) >= 11 is 0. The van der Waals surface area contributed by atoms with E-state index in [0.717, 1.165) is 29.1 Å². The predicted octanol–water partition coefficient (Wildman–Crippen LogP) is 5.03. The van der Waals surface area contributed by atoms with Crippen LogP contribution in [0.1, 0.15) is 103 Å². The van der Waals surface area contributed by atoms with Crippen LogP contribution in [0.4, 0.5) is 0 Å². The molecule has 0 aliphatic carbocycles. The number of unbranched alkanes of at least 4 members (excludes halogenated alkanes) is 13. The van der Waals surface area contributed by atoms with Crippen LogP contribution in [-0.2, 0) is 19.2 Å². The molecule has 6 heteroatoms. The van der Waals surface area contributed by atoms with E-state index < -0.39 is 29.8 Å². The molecule has 0 aromatic heterocycles. The van der Waals surface area contributed by atoms with Crippen molar-refractivity contribution in [1.82, 2.24) is 9.80 Å². The lowest BCUT2D eigenvalue weighted by Gasteiger charge is -2.32. The van der Waals surface area contributed by atoms with Crippen LogP contribution < -0.4 is 0 Å². The minimum absolute atomic E-state index is 0.427. The molecule has 6 nitrogen and oxygen atoms in total. The standard InChI is InChI=1S/C25H38N2O4/c1-2-3-4-5-6-7-8-9-10-11-12-13-14-15-16-21(26-22(28)17-18-23(26)29)27-24(30)19-20-25(27)31/h17-21H,2-16H2,1H3. The number of nitrogens with zero attached hydrogens (tertiary/aromatic N) is 2. The Morgan fingerprint density at radius 3 is 1.13 bits per heavy atom. The van der Waals surface area contributed by atoms with Crippen molar-refractivity contribution < 1.29 is 19.2 Å². The lowest BCUT2D eigenvalue weighted by molar-refractivity contribution is -0.152. The first-order valence-electron chi connectivity index (χ1n) is 12.2. The van der Waals surface area contributed by atoms with Gasteiger partial charge in [-0.05, 0) is 12.8 Å². The molecule has 2 aliphatic heterocycles. The molecule has 0 fully saturated rings. The first kappa shape index (κ1) is 25.0. The molecule has 0 atom stereocenters. The molecule has 31 heavy (non-hydrogen) atoms. The second kappa shape index (κ2) is 13.9. The van der Waals surface area contributed by atoms with Crippen LogP contribution in [0.3, 0.4) is 0 Å². The van der Waals surface area contributed by atoms with E-state index in [2.05, 4.69) is 6.92 Å². The van der Waals surface area contributed by atoms with E-state index in [1.807, 2.05) is 0 Å². The van der Waals surface area contributed by atoms with Crippen LogP contribution in [0, 0.1) is 0 Å². The molecule has 0 saturated carbocycles. The average Bonchev–Trinajstić information content (AvgIpc) is 3.26. The van der Waals surface area contributed by atoms with E-state index in [4.69, 9.17) is 0 Å². The zero-order valence-electron chi connectivity index (χ0n) is 19.0. The fourth-order valence-electron chi connectivity index (χ4n) is 4.31. The third-order valence-corrected chi connectivity index (χ3v) is 6.10. The number of rotatable bonds is 17. The van der Waals surface area contributed by atoms with Gasteiger partial charge in [0.2, 0.25) is 0 Å². The zero-order chi connectivity index (χ0) is 22.5. The predicted molar refractivity (Wildman–Crippen MR) is 121 cm³/mol. The van der Waals surface area contributed by atoms with Gasteiger partial charge in [0.15, 0.2) is 0 Å². The van der Waals surface area contributed by atoms with Crippen molar-refractivity contribution in [3.8, 4) is 0 Å². The summed E-state index contributed by atoms with van der Waals surface area (Å²) in [5.74, 6) is -1.86. The van der Waals surface area contributed by atoms with E-state index in [0.29, 0.717) is 6.42 Å². The Balaban J connectivity index is 1.59. The van der Waals surface area contributed by atoms with E-state index >= 15 is 0 Å². The molecule has 0 unspecified atom stereocenters. The summed E-state index contributed by atoms with van der Waals surface area (Å²) in [5, 5.41) is 0. The molecule has 0 spiro atoms. The van der Waals surface area contributed by atoms with Gasteiger partial charge < -0.3 is 0 Å². The van der Waals surface area contributed by atoms with Crippen LogP contribution in [0.5, 0.6) is 0 Å². The first-order valence-corrected chi connectivity index (χ1v) is 12.2. The van der Waals surface area contributed by atoms with Crippen LogP contribution in [0.2, 0.25) is 0 Å². The third kappa shape index (κ3) is 8.08. The summed E-state index contributed by atoms with van der Waals surface area (Å²) in [4.78, 5) is 50.4. The van der Waals surface area contributed by atoms with Gasteiger partial charge in [-0.3, -0.25) is 29.0 Å². The molecular formula is C25H38N2O4. The molecule has 0 radical (unpaired) electrons. The largest absolute Gasteiger partial charge is 0.269 e. The molecule has 0 aromatic carbocycles. The van der Waals surface area contributed by atoms with Crippen LogP contribution >= 0.6 is 0 Å². The number of imide groups is 2. The van der Waals surface area contributed by atoms with E-state index in [9.17, 15) is 19.2 Å². The molecule has 0 aromatic rings. The normalized spacial score (nSPS) is 16.1. The summed E-state index contributed by atoms with van der Waals surface area (Å²) in [5.41, 5.74) is 0. The fraction of sp³-hybridized carbons (Fsp3) is 0.680. The number of hydrogen-bond donors (Lipinski definition) is 0. The highest BCUT2D eigenvalue weighted by molar-refractivity contribution is 6.16. The Hall–Kier alpha value is -2.24. The fourth-order valence-corrected chi connectivity index (χ4v) is 4.31. The summed E-state index contributed by atoms with van der Waals surface area (Å²) in [7, 11) is 0. The summed E-state index contributed by atoms with van der Waals surface area (Å²) < 4.78 is 0. The van der Waals surface area contributed by atoms with Gasteiger partial charge >= 0.3 is 0 Å². The van der Waals surface area contributed by atoms with Crippen molar-refractivity contribution in [2.45, 2.75) is 109 Å². The number of carbonyl (C=O) groups is 4. The Bertz CT molecular complexity index is 605. The Morgan fingerprint density at radius 1 is 0.516 bits per heavy atom. The first-order chi connectivity index (χ1) is 15.1. The highest BCUT2D eigenvalue weighted by Crippen LogP contribution is 2.23. The maximum absolute atomic E-state index is 12.1. The summed E-state index contributed by atoms with van der Waals surface area (Å²) in [6.45, 7) is 2.25. The van der Waals surface area contributed by atoms with Crippen LogP contribution in [-0.4, -0.2) is 39.6 Å². The monoisotopic (exact) mass is 430 g/mol. The van der Waals surface area contributed by atoms with Gasteiger partial charge in [-0.25, -0.2) is 0 Å². The van der Waals surface area contributed by atoms with E-state index in [1.54, 1.807) is 0 Å². The van der Waals surface area contributed by atoms with Gasteiger partial charge in [0.25, 0.3) is 23.6 Å². The Morgan fingerprint density at radius 2 is 0.806 bits per heavy atom. The smallest absolute Gasteiger partial charge is 0.255 e. The van der Waals surface area contributed by atoms with Gasteiger partial charge in [-0.1, -0.05) is 90.4 Å². The second-order valence-corrected chi connectivity index (χ2v) is 8.63. The van der Waals surface area contributed by atoms with Crippen LogP contribution in [0.25, 0.3) is 0 Å². The van der Waals surface area contributed by atoms with Crippen molar-refractivity contribution in [3.05, 3.63) is 24.3 Å². The molecule has 172 valence electrons. The van der Waals surface area contributed by atoms with Gasteiger partial charge in [0.1, 0.15) is 6.17 Å². The average molecular weight is 431 g/mol. The van der Waals surface area contributed by atoms with E-state index in [1.165, 1.54) is 94.9 Å². The van der Waals surface area contributed by atoms with Crippen molar-refractivity contribution in [2.24, 2.45) is 0 Å². The zero-order valence-corrected chi connectivity index (χ0v) is 19.0. The third-order valence-electron chi connectivity index (χ3n) is 6.10. The van der Waals surface area contributed by atoms with Crippen molar-refractivity contribution in [2.75, 3.05) is 0 Å². The lowest BCUT2D eigenvalue weighted by atomic mass is 10.0. The lowest BCUT2D eigenvalue weighted by Crippen LogP contribution is -2.53. The quantitative estimate of drug-likeness (QED) is 0.239. The molecule has 2 rings (SSSR count).